The minimum Gasteiger partial charge on any atom is -0.406 e. The number of likely N-dealkylation sites (N-methyl/N-ethyl adjacent to an activating group) is 1. The molecule has 0 radical (unpaired) electrons. The number of halogens is 4. The molecule has 32 heavy (non-hydrogen) atoms. The van der Waals surface area contributed by atoms with Gasteiger partial charge in [-0.15, -0.1) is 25.6 Å². The van der Waals surface area contributed by atoms with Gasteiger partial charge in [0.05, 0.1) is 18.5 Å². The summed E-state index contributed by atoms with van der Waals surface area (Å²) >= 11 is 0. The Labute approximate surface area is 189 Å². The maximum absolute atomic E-state index is 12.8. The van der Waals surface area contributed by atoms with Crippen molar-refractivity contribution in [2.75, 3.05) is 37.5 Å². The van der Waals surface area contributed by atoms with Gasteiger partial charge in [-0.05, 0) is 43.3 Å². The molecule has 0 aliphatic carbocycles. The predicted molar refractivity (Wildman–Crippen MR) is 119 cm³/mol. The van der Waals surface area contributed by atoms with Crippen molar-refractivity contribution in [2.24, 2.45) is 0 Å². The van der Waals surface area contributed by atoms with Gasteiger partial charge in [-0.25, -0.2) is 4.98 Å². The molecule has 0 atom stereocenters. The van der Waals surface area contributed by atoms with Crippen molar-refractivity contribution in [3.05, 3.63) is 48.3 Å². The van der Waals surface area contributed by atoms with Crippen LogP contribution >= 0.6 is 12.4 Å². The third-order valence-corrected chi connectivity index (χ3v) is 4.68. The minimum atomic E-state index is -4.78. The van der Waals surface area contributed by atoms with E-state index in [1.165, 1.54) is 24.3 Å². The van der Waals surface area contributed by atoms with Crippen LogP contribution in [0.5, 0.6) is 5.75 Å². The number of carbonyl (C=O) groups excluding carboxylic acids is 1. The van der Waals surface area contributed by atoms with E-state index < -0.39 is 12.3 Å². The highest BCUT2D eigenvalue weighted by molar-refractivity contribution is 6.06. The topological polar surface area (TPSA) is 68.6 Å². The first-order valence-corrected chi connectivity index (χ1v) is 9.58. The zero-order valence-corrected chi connectivity index (χ0v) is 18.6. The summed E-state index contributed by atoms with van der Waals surface area (Å²) in [5, 5.41) is 3.25. The standard InChI is InChI=1S/C21H23F3N4O3.ClH/c1-4-28-17-7-6-16(31-21(22,23)24)11-14(17)12-18(28)20(29)26-15-5-8-19(25-13-15)27(2)9-10-30-3;/h5-8,11-13H,4,9-10H2,1-3H3,(H,26,29);1H. The number of aryl methyl sites for hydroxylation is 1. The fourth-order valence-electron chi connectivity index (χ4n) is 3.20. The highest BCUT2D eigenvalue weighted by Gasteiger charge is 2.31. The molecule has 174 valence electrons. The smallest absolute Gasteiger partial charge is 0.406 e. The highest BCUT2D eigenvalue weighted by Crippen LogP contribution is 2.29. The largest absolute Gasteiger partial charge is 0.573 e. The number of benzene rings is 1. The number of amides is 1. The fraction of sp³-hybridized carbons (Fsp3) is 0.333. The number of hydrogen-bond acceptors (Lipinski definition) is 5. The number of pyridine rings is 1. The van der Waals surface area contributed by atoms with E-state index in [2.05, 4.69) is 15.0 Å². The first kappa shape index (κ1) is 25.3. The van der Waals surface area contributed by atoms with E-state index in [0.717, 1.165) is 5.82 Å². The van der Waals surface area contributed by atoms with Crippen LogP contribution in [0.2, 0.25) is 0 Å². The number of rotatable bonds is 8. The maximum atomic E-state index is 12.8. The van der Waals surface area contributed by atoms with Gasteiger partial charge in [0.2, 0.25) is 0 Å². The van der Waals surface area contributed by atoms with Crippen molar-refractivity contribution in [3.63, 3.8) is 0 Å². The summed E-state index contributed by atoms with van der Waals surface area (Å²) in [6, 6.07) is 9.05. The molecule has 11 heteroatoms. The minimum absolute atomic E-state index is 0. The molecule has 1 aromatic carbocycles. The zero-order chi connectivity index (χ0) is 22.6. The summed E-state index contributed by atoms with van der Waals surface area (Å²) in [6.45, 7) is 3.55. The molecule has 3 rings (SSSR count). The van der Waals surface area contributed by atoms with Crippen LogP contribution in [0, 0.1) is 0 Å². The molecule has 0 saturated heterocycles. The summed E-state index contributed by atoms with van der Waals surface area (Å²) in [7, 11) is 3.51. The molecule has 2 heterocycles. The number of nitrogens with one attached hydrogen (secondary N) is 1. The molecule has 0 aliphatic rings. The Morgan fingerprint density at radius 3 is 2.56 bits per heavy atom. The van der Waals surface area contributed by atoms with Gasteiger partial charge in [-0.2, -0.15) is 0 Å². The first-order chi connectivity index (χ1) is 14.7. The number of ether oxygens (including phenoxy) is 2. The molecule has 0 spiro atoms. The number of alkyl halides is 3. The lowest BCUT2D eigenvalue weighted by Gasteiger charge is -2.17. The van der Waals surface area contributed by atoms with E-state index in [0.29, 0.717) is 42.0 Å². The van der Waals surface area contributed by atoms with E-state index in [1.54, 1.807) is 30.0 Å². The fourth-order valence-corrected chi connectivity index (χ4v) is 3.20. The highest BCUT2D eigenvalue weighted by atomic mass is 35.5. The van der Waals surface area contributed by atoms with Crippen LogP contribution in [-0.2, 0) is 11.3 Å². The summed E-state index contributed by atoms with van der Waals surface area (Å²) in [5.74, 6) is 0.00568. The van der Waals surface area contributed by atoms with Crippen molar-refractivity contribution in [3.8, 4) is 5.75 Å². The molecule has 0 unspecified atom stereocenters. The van der Waals surface area contributed by atoms with Gasteiger partial charge in [-0.1, -0.05) is 0 Å². The van der Waals surface area contributed by atoms with E-state index in [-0.39, 0.29) is 18.2 Å². The average molecular weight is 473 g/mol. The Bertz CT molecular complexity index is 1050. The SMILES string of the molecule is CCn1c(C(=O)Nc2ccc(N(C)CCOC)nc2)cc2cc(OC(F)(F)F)ccc21.Cl. The number of aromatic nitrogens is 2. The third-order valence-electron chi connectivity index (χ3n) is 4.68. The third kappa shape index (κ3) is 6.04. The molecule has 0 aliphatic heterocycles. The van der Waals surface area contributed by atoms with Crippen LogP contribution in [0.1, 0.15) is 17.4 Å². The van der Waals surface area contributed by atoms with E-state index in [9.17, 15) is 18.0 Å². The van der Waals surface area contributed by atoms with Crippen molar-refractivity contribution in [1.82, 2.24) is 9.55 Å². The van der Waals surface area contributed by atoms with E-state index in [4.69, 9.17) is 4.74 Å². The Balaban J connectivity index is 0.00000363. The van der Waals surface area contributed by atoms with Crippen LogP contribution in [0.4, 0.5) is 24.7 Å². The van der Waals surface area contributed by atoms with Gasteiger partial charge in [0, 0.05) is 38.1 Å². The number of carbonyl (C=O) groups is 1. The van der Waals surface area contributed by atoms with Gasteiger partial charge in [0.15, 0.2) is 0 Å². The molecule has 2 aromatic heterocycles. The lowest BCUT2D eigenvalue weighted by molar-refractivity contribution is -0.274. The normalized spacial score (nSPS) is 11.2. The summed E-state index contributed by atoms with van der Waals surface area (Å²) in [5.41, 5.74) is 1.46. The van der Waals surface area contributed by atoms with Crippen LogP contribution in [0.15, 0.2) is 42.6 Å². The van der Waals surface area contributed by atoms with Crippen molar-refractivity contribution in [2.45, 2.75) is 19.8 Å². The number of hydrogen-bond donors (Lipinski definition) is 1. The predicted octanol–water partition coefficient (Wildman–Crippen LogP) is 4.71. The lowest BCUT2D eigenvalue weighted by Crippen LogP contribution is -2.23. The second-order valence-electron chi connectivity index (χ2n) is 6.82. The van der Waals surface area contributed by atoms with Gasteiger partial charge in [0.1, 0.15) is 17.3 Å². The van der Waals surface area contributed by atoms with Crippen LogP contribution in [-0.4, -0.2) is 49.1 Å². The molecule has 0 saturated carbocycles. The quantitative estimate of drug-likeness (QED) is 0.514. The molecule has 3 aromatic rings. The van der Waals surface area contributed by atoms with Crippen LogP contribution in [0.3, 0.4) is 0 Å². The Morgan fingerprint density at radius 1 is 1.22 bits per heavy atom. The lowest BCUT2D eigenvalue weighted by atomic mass is 10.2. The molecule has 0 bridgehead atoms. The summed E-state index contributed by atoms with van der Waals surface area (Å²) < 4.78 is 48.2. The van der Waals surface area contributed by atoms with Gasteiger partial charge in [0.25, 0.3) is 5.91 Å². The molecule has 1 amide bonds. The Kier molecular flexibility index (Phi) is 8.34. The zero-order valence-electron chi connectivity index (χ0n) is 17.8. The summed E-state index contributed by atoms with van der Waals surface area (Å²) in [4.78, 5) is 19.1. The van der Waals surface area contributed by atoms with E-state index in [1.807, 2.05) is 18.9 Å². The molecular formula is C21H24ClF3N4O3. The number of methoxy groups -OCH3 is 1. The van der Waals surface area contributed by atoms with Gasteiger partial charge >= 0.3 is 6.36 Å². The number of nitrogens with zero attached hydrogens (tertiary/aromatic N) is 3. The molecule has 7 nitrogen and oxygen atoms in total. The Hall–Kier alpha value is -2.98. The second-order valence-corrected chi connectivity index (χ2v) is 6.82. The maximum Gasteiger partial charge on any atom is 0.573 e. The van der Waals surface area contributed by atoms with E-state index >= 15 is 0 Å². The van der Waals surface area contributed by atoms with Crippen molar-refractivity contribution in [1.29, 1.82) is 0 Å². The molecule has 1 N–H and O–H groups in total. The molecular weight excluding hydrogens is 449 g/mol. The second kappa shape index (κ2) is 10.6. The Morgan fingerprint density at radius 2 is 1.97 bits per heavy atom. The number of anilines is 2. The van der Waals surface area contributed by atoms with Gasteiger partial charge < -0.3 is 24.3 Å². The van der Waals surface area contributed by atoms with Crippen molar-refractivity contribution < 1.29 is 27.4 Å². The first-order valence-electron chi connectivity index (χ1n) is 9.58. The summed E-state index contributed by atoms with van der Waals surface area (Å²) in [6.07, 6.45) is -3.23. The average Bonchev–Trinajstić information content (AvgIpc) is 3.09. The monoisotopic (exact) mass is 472 g/mol. The van der Waals surface area contributed by atoms with Crippen LogP contribution in [0.25, 0.3) is 10.9 Å². The van der Waals surface area contributed by atoms with Crippen LogP contribution < -0.4 is 15.0 Å². The number of fused-ring (bicyclic) bond motifs is 1. The van der Waals surface area contributed by atoms with Gasteiger partial charge in [-0.3, -0.25) is 4.79 Å². The van der Waals surface area contributed by atoms with Crippen molar-refractivity contribution >= 4 is 40.7 Å². The molecule has 0 fully saturated rings.